The summed E-state index contributed by atoms with van der Waals surface area (Å²) < 4.78 is 0. The first-order valence-electron chi connectivity index (χ1n) is 7.83. The lowest BCUT2D eigenvalue weighted by Crippen LogP contribution is -2.45. The van der Waals surface area contributed by atoms with Crippen molar-refractivity contribution >= 4 is 0 Å². The Morgan fingerprint density at radius 1 is 1.21 bits per heavy atom. The highest BCUT2D eigenvalue weighted by Crippen LogP contribution is 2.36. The second-order valence-corrected chi connectivity index (χ2v) is 6.31. The molecule has 1 atom stereocenters. The van der Waals surface area contributed by atoms with Gasteiger partial charge in [-0.15, -0.1) is 0 Å². The van der Waals surface area contributed by atoms with Crippen LogP contribution in [0, 0.1) is 0 Å². The summed E-state index contributed by atoms with van der Waals surface area (Å²) in [6.45, 7) is 9.30. The largest absolute Gasteiger partial charge is 0.314 e. The Morgan fingerprint density at radius 3 is 2.74 bits per heavy atom. The van der Waals surface area contributed by atoms with Gasteiger partial charge in [-0.1, -0.05) is 32.0 Å². The van der Waals surface area contributed by atoms with Crippen LogP contribution in [0.5, 0.6) is 0 Å². The van der Waals surface area contributed by atoms with Gasteiger partial charge in [-0.05, 0) is 41.9 Å². The van der Waals surface area contributed by atoms with Gasteiger partial charge in [0, 0.05) is 32.2 Å². The molecule has 0 saturated carbocycles. The monoisotopic (exact) mass is 258 g/mol. The van der Waals surface area contributed by atoms with Gasteiger partial charge in [0.15, 0.2) is 0 Å². The number of benzene rings is 1. The van der Waals surface area contributed by atoms with Crippen LogP contribution in [0.15, 0.2) is 18.2 Å². The molecule has 1 unspecified atom stereocenters. The van der Waals surface area contributed by atoms with Gasteiger partial charge in [-0.3, -0.25) is 4.90 Å². The van der Waals surface area contributed by atoms with Gasteiger partial charge < -0.3 is 5.32 Å². The highest BCUT2D eigenvalue weighted by molar-refractivity contribution is 5.37. The Balaban J connectivity index is 1.90. The third-order valence-electron chi connectivity index (χ3n) is 4.71. The molecule has 1 fully saturated rings. The van der Waals surface area contributed by atoms with Crippen molar-refractivity contribution in [3.8, 4) is 0 Å². The van der Waals surface area contributed by atoms with E-state index in [0.717, 1.165) is 13.1 Å². The summed E-state index contributed by atoms with van der Waals surface area (Å²) in [6, 6.07) is 7.89. The third-order valence-corrected chi connectivity index (χ3v) is 4.71. The van der Waals surface area contributed by atoms with Gasteiger partial charge >= 0.3 is 0 Å². The molecule has 1 heterocycles. The fraction of sp³-hybridized carbons (Fsp3) is 0.647. The van der Waals surface area contributed by atoms with E-state index in [1.165, 1.54) is 37.9 Å². The SMILES string of the molecule is CC(C)c1ccc2c(c1)C(N1CCNCC1)CCC2. The molecule has 0 aromatic heterocycles. The van der Waals surface area contributed by atoms with Crippen molar-refractivity contribution in [2.45, 2.75) is 45.1 Å². The summed E-state index contributed by atoms with van der Waals surface area (Å²) in [5, 5.41) is 3.47. The van der Waals surface area contributed by atoms with E-state index in [1.807, 2.05) is 0 Å². The van der Waals surface area contributed by atoms with Crippen LogP contribution in [0.3, 0.4) is 0 Å². The van der Waals surface area contributed by atoms with Gasteiger partial charge in [0.25, 0.3) is 0 Å². The number of piperazine rings is 1. The number of fused-ring (bicyclic) bond motifs is 1. The summed E-state index contributed by atoms with van der Waals surface area (Å²) >= 11 is 0. The lowest BCUT2D eigenvalue weighted by Gasteiger charge is -2.38. The summed E-state index contributed by atoms with van der Waals surface area (Å²) in [7, 11) is 0. The van der Waals surface area contributed by atoms with E-state index in [-0.39, 0.29) is 0 Å². The topological polar surface area (TPSA) is 15.3 Å². The first kappa shape index (κ1) is 13.1. The average Bonchev–Trinajstić information content (AvgIpc) is 2.47. The van der Waals surface area contributed by atoms with E-state index in [2.05, 4.69) is 42.3 Å². The molecule has 3 rings (SSSR count). The van der Waals surface area contributed by atoms with Gasteiger partial charge in [0.05, 0.1) is 0 Å². The van der Waals surface area contributed by atoms with Crippen LogP contribution >= 0.6 is 0 Å². The fourth-order valence-corrected chi connectivity index (χ4v) is 3.52. The smallest absolute Gasteiger partial charge is 0.0352 e. The third kappa shape index (κ3) is 2.70. The molecule has 1 aromatic carbocycles. The Kier molecular flexibility index (Phi) is 3.90. The van der Waals surface area contributed by atoms with Crippen LogP contribution in [0.25, 0.3) is 0 Å². The Morgan fingerprint density at radius 2 is 2.00 bits per heavy atom. The van der Waals surface area contributed by atoms with E-state index >= 15 is 0 Å². The normalized spacial score (nSPS) is 24.5. The molecule has 1 aromatic rings. The van der Waals surface area contributed by atoms with Crippen molar-refractivity contribution in [2.24, 2.45) is 0 Å². The van der Waals surface area contributed by atoms with E-state index < -0.39 is 0 Å². The van der Waals surface area contributed by atoms with E-state index in [4.69, 9.17) is 0 Å². The van der Waals surface area contributed by atoms with Crippen molar-refractivity contribution in [3.63, 3.8) is 0 Å². The molecular formula is C17H26N2. The summed E-state index contributed by atoms with van der Waals surface area (Å²) in [6.07, 6.45) is 3.97. The number of rotatable bonds is 2. The number of aryl methyl sites for hydroxylation is 1. The van der Waals surface area contributed by atoms with Crippen molar-refractivity contribution in [2.75, 3.05) is 26.2 Å². The Hall–Kier alpha value is -0.860. The van der Waals surface area contributed by atoms with Crippen LogP contribution in [-0.4, -0.2) is 31.1 Å². The maximum Gasteiger partial charge on any atom is 0.0352 e. The second-order valence-electron chi connectivity index (χ2n) is 6.31. The van der Waals surface area contributed by atoms with Crippen molar-refractivity contribution in [3.05, 3.63) is 34.9 Å². The van der Waals surface area contributed by atoms with E-state index in [1.54, 1.807) is 11.1 Å². The van der Waals surface area contributed by atoms with Gasteiger partial charge in [0.2, 0.25) is 0 Å². The minimum absolute atomic E-state index is 0.635. The highest BCUT2D eigenvalue weighted by Gasteiger charge is 2.27. The first-order chi connectivity index (χ1) is 9.25. The molecule has 1 aliphatic carbocycles. The molecule has 0 radical (unpaired) electrons. The number of nitrogens with one attached hydrogen (secondary N) is 1. The molecule has 0 spiro atoms. The summed E-state index contributed by atoms with van der Waals surface area (Å²) in [5.74, 6) is 0.635. The molecule has 2 nitrogen and oxygen atoms in total. The number of hydrogen-bond acceptors (Lipinski definition) is 2. The molecule has 1 N–H and O–H groups in total. The van der Waals surface area contributed by atoms with Crippen molar-refractivity contribution in [1.29, 1.82) is 0 Å². The van der Waals surface area contributed by atoms with Crippen molar-refractivity contribution < 1.29 is 0 Å². The van der Waals surface area contributed by atoms with Gasteiger partial charge in [-0.2, -0.15) is 0 Å². The van der Waals surface area contributed by atoms with Crippen molar-refractivity contribution in [1.82, 2.24) is 10.2 Å². The number of hydrogen-bond donors (Lipinski definition) is 1. The van der Waals surface area contributed by atoms with Gasteiger partial charge in [-0.25, -0.2) is 0 Å². The molecule has 0 amide bonds. The molecule has 1 saturated heterocycles. The molecule has 2 aliphatic rings. The zero-order chi connectivity index (χ0) is 13.2. The molecule has 19 heavy (non-hydrogen) atoms. The standard InChI is InChI=1S/C17H26N2/c1-13(2)15-7-6-14-4-3-5-17(16(14)12-15)19-10-8-18-9-11-19/h6-7,12-13,17-18H,3-5,8-11H2,1-2H3. The average molecular weight is 258 g/mol. The van der Waals surface area contributed by atoms with Crippen LogP contribution in [-0.2, 0) is 6.42 Å². The minimum Gasteiger partial charge on any atom is -0.314 e. The predicted molar refractivity (Wildman–Crippen MR) is 80.7 cm³/mol. The van der Waals surface area contributed by atoms with E-state index in [0.29, 0.717) is 12.0 Å². The summed E-state index contributed by atoms with van der Waals surface area (Å²) in [4.78, 5) is 2.69. The predicted octanol–water partition coefficient (Wildman–Crippen LogP) is 3.09. The molecule has 104 valence electrons. The second kappa shape index (κ2) is 5.64. The van der Waals surface area contributed by atoms with E-state index in [9.17, 15) is 0 Å². The zero-order valence-corrected chi connectivity index (χ0v) is 12.3. The molecule has 0 bridgehead atoms. The van der Waals surface area contributed by atoms with Crippen LogP contribution in [0.1, 0.15) is 55.3 Å². The van der Waals surface area contributed by atoms with Crippen LogP contribution in [0.4, 0.5) is 0 Å². The Labute approximate surface area is 117 Å². The maximum absolute atomic E-state index is 3.47. The molecule has 2 heteroatoms. The first-order valence-corrected chi connectivity index (χ1v) is 7.83. The molecule has 1 aliphatic heterocycles. The summed E-state index contributed by atoms with van der Waals surface area (Å²) in [5.41, 5.74) is 4.72. The lowest BCUT2D eigenvalue weighted by atomic mass is 9.84. The highest BCUT2D eigenvalue weighted by atomic mass is 15.2. The molecular weight excluding hydrogens is 232 g/mol. The van der Waals surface area contributed by atoms with Crippen LogP contribution in [0.2, 0.25) is 0 Å². The lowest BCUT2D eigenvalue weighted by molar-refractivity contribution is 0.158. The fourth-order valence-electron chi connectivity index (χ4n) is 3.52. The number of nitrogens with zero attached hydrogens (tertiary/aromatic N) is 1. The maximum atomic E-state index is 3.47. The quantitative estimate of drug-likeness (QED) is 0.877. The van der Waals surface area contributed by atoms with Gasteiger partial charge in [0.1, 0.15) is 0 Å². The zero-order valence-electron chi connectivity index (χ0n) is 12.3. The Bertz CT molecular complexity index is 433. The minimum atomic E-state index is 0.635. The van der Waals surface area contributed by atoms with Crippen LogP contribution < -0.4 is 5.32 Å².